The van der Waals surface area contributed by atoms with Crippen LogP contribution in [0.15, 0.2) is 70.9 Å². The number of hydrazone groups is 2. The van der Waals surface area contributed by atoms with Gasteiger partial charge in [0, 0.05) is 5.39 Å². The summed E-state index contributed by atoms with van der Waals surface area (Å²) in [4.78, 5) is 0. The molecule has 27 heavy (non-hydrogen) atoms. The Morgan fingerprint density at radius 2 is 1.85 bits per heavy atom. The van der Waals surface area contributed by atoms with E-state index in [0.717, 1.165) is 33.4 Å². The fourth-order valence-corrected chi connectivity index (χ4v) is 3.04. The largest absolute Gasteiger partial charge is 0.505 e. The topological polar surface area (TPSA) is 80.5 Å². The number of phenolic OH excluding ortho intramolecular Hbond substituents is 1. The van der Waals surface area contributed by atoms with Crippen molar-refractivity contribution < 1.29 is 10.2 Å². The van der Waals surface area contributed by atoms with Crippen molar-refractivity contribution in [2.45, 2.75) is 13.5 Å². The van der Waals surface area contributed by atoms with Crippen LogP contribution in [0, 0.1) is 0 Å². The maximum absolute atomic E-state index is 10.5. The molecule has 3 aromatic carbocycles. The first-order valence-electron chi connectivity index (χ1n) is 8.72. The molecule has 0 fully saturated rings. The van der Waals surface area contributed by atoms with Gasteiger partial charge >= 0.3 is 0 Å². The zero-order valence-electron chi connectivity index (χ0n) is 14.9. The van der Waals surface area contributed by atoms with Gasteiger partial charge in [0.15, 0.2) is 0 Å². The molecule has 0 amide bonds. The van der Waals surface area contributed by atoms with E-state index >= 15 is 0 Å². The van der Waals surface area contributed by atoms with E-state index in [1.807, 2.05) is 72.6 Å². The Hall–Kier alpha value is -3.38. The molecule has 6 nitrogen and oxygen atoms in total. The van der Waals surface area contributed by atoms with Crippen LogP contribution in [-0.2, 0) is 6.61 Å². The molecule has 3 N–H and O–H groups in total. The second kappa shape index (κ2) is 7.09. The van der Waals surface area contributed by atoms with Gasteiger partial charge in [-0.2, -0.15) is 10.2 Å². The number of anilines is 2. The Kier molecular flexibility index (Phi) is 4.48. The number of fused-ring (bicyclic) bond motifs is 1. The van der Waals surface area contributed by atoms with Crippen molar-refractivity contribution in [1.82, 2.24) is 0 Å². The van der Waals surface area contributed by atoms with E-state index in [4.69, 9.17) is 5.11 Å². The molecule has 136 valence electrons. The van der Waals surface area contributed by atoms with Crippen molar-refractivity contribution >= 4 is 33.6 Å². The van der Waals surface area contributed by atoms with Gasteiger partial charge in [-0.3, -0.25) is 10.4 Å². The van der Waals surface area contributed by atoms with Crippen LogP contribution < -0.4 is 10.4 Å². The van der Waals surface area contributed by atoms with Crippen LogP contribution in [-0.4, -0.2) is 28.2 Å². The number of nitrogens with one attached hydrogen (secondary N) is 1. The van der Waals surface area contributed by atoms with Crippen molar-refractivity contribution in [2.24, 2.45) is 10.2 Å². The van der Waals surface area contributed by atoms with Crippen molar-refractivity contribution in [3.8, 4) is 5.75 Å². The number of rotatable bonds is 4. The lowest BCUT2D eigenvalue weighted by molar-refractivity contribution is 0.282. The summed E-state index contributed by atoms with van der Waals surface area (Å²) >= 11 is 0. The number of hydrogen-bond acceptors (Lipinski definition) is 6. The summed E-state index contributed by atoms with van der Waals surface area (Å²) in [6.07, 6.45) is 0. The average Bonchev–Trinajstić information content (AvgIpc) is 3.08. The Bertz CT molecular complexity index is 1040. The fraction of sp³-hybridized carbons (Fsp3) is 0.143. The van der Waals surface area contributed by atoms with E-state index in [0.29, 0.717) is 12.2 Å². The van der Waals surface area contributed by atoms with Crippen LogP contribution in [0.25, 0.3) is 10.8 Å². The number of aliphatic hydroxyl groups is 1. The molecular formula is C21H20N4O2. The van der Waals surface area contributed by atoms with Gasteiger partial charge in [-0.05, 0) is 36.1 Å². The molecule has 0 saturated heterocycles. The molecule has 6 heteroatoms. The Labute approximate surface area is 157 Å². The summed E-state index contributed by atoms with van der Waals surface area (Å²) in [5, 5.41) is 32.2. The quantitative estimate of drug-likeness (QED) is 0.489. The minimum atomic E-state index is 0.0223. The summed E-state index contributed by atoms with van der Waals surface area (Å²) in [5.74, 6) is 0.182. The number of phenols is 1. The normalized spacial score (nSPS) is 15.4. The summed E-state index contributed by atoms with van der Waals surface area (Å²) < 4.78 is 0. The zero-order chi connectivity index (χ0) is 18.8. The summed E-state index contributed by atoms with van der Waals surface area (Å²) in [6, 6.07) is 19.0. The van der Waals surface area contributed by atoms with Crippen molar-refractivity contribution in [3.05, 3.63) is 66.2 Å². The van der Waals surface area contributed by atoms with Gasteiger partial charge in [-0.1, -0.05) is 42.5 Å². The molecule has 1 heterocycles. The van der Waals surface area contributed by atoms with Gasteiger partial charge in [0.2, 0.25) is 0 Å². The minimum absolute atomic E-state index is 0.0223. The van der Waals surface area contributed by atoms with Gasteiger partial charge in [0.25, 0.3) is 0 Å². The van der Waals surface area contributed by atoms with Crippen LogP contribution in [0.2, 0.25) is 0 Å². The first-order chi connectivity index (χ1) is 13.2. The average molecular weight is 360 g/mol. The number of hydrogen-bond donors (Lipinski definition) is 3. The van der Waals surface area contributed by atoms with E-state index in [1.165, 1.54) is 0 Å². The lowest BCUT2D eigenvalue weighted by Gasteiger charge is -2.13. The van der Waals surface area contributed by atoms with E-state index < -0.39 is 0 Å². The highest BCUT2D eigenvalue weighted by atomic mass is 16.3. The van der Waals surface area contributed by atoms with E-state index in [9.17, 15) is 5.11 Å². The minimum Gasteiger partial charge on any atom is -0.505 e. The second-order valence-electron chi connectivity index (χ2n) is 6.42. The number of aromatic hydroxyl groups is 1. The third-order valence-electron chi connectivity index (χ3n) is 4.62. The molecule has 0 aliphatic carbocycles. The molecule has 3 aromatic rings. The lowest BCUT2D eigenvalue weighted by atomic mass is 10.1. The molecule has 0 aromatic heterocycles. The van der Waals surface area contributed by atoms with E-state index in [1.54, 1.807) is 0 Å². The van der Waals surface area contributed by atoms with E-state index in [2.05, 4.69) is 15.6 Å². The maximum atomic E-state index is 10.5. The predicted molar refractivity (Wildman–Crippen MR) is 109 cm³/mol. The molecule has 1 aliphatic rings. The highest BCUT2D eigenvalue weighted by Crippen LogP contribution is 2.32. The van der Waals surface area contributed by atoms with E-state index in [-0.39, 0.29) is 12.4 Å². The van der Waals surface area contributed by atoms with Gasteiger partial charge in [0.1, 0.15) is 11.5 Å². The van der Waals surface area contributed by atoms with Crippen LogP contribution in [0.3, 0.4) is 0 Å². The van der Waals surface area contributed by atoms with Crippen LogP contribution in [0.4, 0.5) is 11.4 Å². The lowest BCUT2D eigenvalue weighted by Crippen LogP contribution is -2.19. The fourth-order valence-electron chi connectivity index (χ4n) is 3.04. The highest BCUT2D eigenvalue weighted by Gasteiger charge is 2.20. The van der Waals surface area contributed by atoms with Crippen LogP contribution in [0.1, 0.15) is 12.5 Å². The Morgan fingerprint density at radius 3 is 2.63 bits per heavy atom. The highest BCUT2D eigenvalue weighted by molar-refractivity contribution is 6.44. The molecule has 4 rings (SSSR count). The summed E-state index contributed by atoms with van der Waals surface area (Å²) in [6.45, 7) is 2.46. The number of benzene rings is 3. The molecule has 1 aliphatic heterocycles. The van der Waals surface area contributed by atoms with Crippen LogP contribution >= 0.6 is 0 Å². The Morgan fingerprint density at radius 1 is 1.07 bits per heavy atom. The smallest absolute Gasteiger partial charge is 0.148 e. The van der Waals surface area contributed by atoms with Gasteiger partial charge in [-0.25, -0.2) is 0 Å². The summed E-state index contributed by atoms with van der Waals surface area (Å²) in [5.41, 5.74) is 6.93. The monoisotopic (exact) mass is 360 g/mol. The molecule has 0 spiro atoms. The summed E-state index contributed by atoms with van der Waals surface area (Å²) in [7, 11) is 0. The SMILES string of the molecule is CC1=NN(c2ccc(CO)cc2)CC1=NNc1ccc2ccccc2c1O. The third kappa shape index (κ3) is 3.35. The number of nitrogens with zero attached hydrogens (tertiary/aromatic N) is 3. The van der Waals surface area contributed by atoms with Gasteiger partial charge in [0.05, 0.1) is 30.2 Å². The van der Waals surface area contributed by atoms with Crippen molar-refractivity contribution in [3.63, 3.8) is 0 Å². The molecule has 0 radical (unpaired) electrons. The third-order valence-corrected chi connectivity index (χ3v) is 4.62. The first kappa shape index (κ1) is 17.1. The maximum Gasteiger partial charge on any atom is 0.148 e. The van der Waals surface area contributed by atoms with Gasteiger partial charge < -0.3 is 10.2 Å². The molecule has 0 bridgehead atoms. The van der Waals surface area contributed by atoms with Gasteiger partial charge in [-0.15, -0.1) is 0 Å². The Balaban J connectivity index is 1.53. The predicted octanol–water partition coefficient (Wildman–Crippen LogP) is 3.70. The molecule has 0 saturated carbocycles. The molecule has 0 atom stereocenters. The standard InChI is InChI=1S/C21H20N4O2/c1-14-20(12-25(24-14)17-9-6-15(13-26)7-10-17)23-22-19-11-8-16-4-2-3-5-18(16)21(19)27/h2-11,22,26-27H,12-13H2,1H3. The second-order valence-corrected chi connectivity index (χ2v) is 6.42. The number of aliphatic hydroxyl groups excluding tert-OH is 1. The van der Waals surface area contributed by atoms with Crippen molar-refractivity contribution in [2.75, 3.05) is 17.0 Å². The van der Waals surface area contributed by atoms with Crippen molar-refractivity contribution in [1.29, 1.82) is 0 Å². The molecule has 0 unspecified atom stereocenters. The first-order valence-corrected chi connectivity index (χ1v) is 8.72. The zero-order valence-corrected chi connectivity index (χ0v) is 14.9. The molecular weight excluding hydrogens is 340 g/mol. The van der Waals surface area contributed by atoms with Crippen LogP contribution in [0.5, 0.6) is 5.75 Å².